The molecule has 1 atom stereocenters. The Hall–Kier alpha value is -0.390. The van der Waals surface area contributed by atoms with Gasteiger partial charge in [0.1, 0.15) is 0 Å². The van der Waals surface area contributed by atoms with Crippen LogP contribution in [0.2, 0.25) is 0 Å². The zero-order valence-corrected chi connectivity index (χ0v) is 9.97. The molecule has 0 spiro atoms. The number of benzene rings is 1. The van der Waals surface area contributed by atoms with Gasteiger partial charge < -0.3 is 10.8 Å². The minimum Gasteiger partial charge on any atom is -0.398 e. The van der Waals surface area contributed by atoms with Gasteiger partial charge in [0.05, 0.1) is 15.7 Å². The quantitative estimate of drug-likeness (QED) is 0.821. The van der Waals surface area contributed by atoms with Gasteiger partial charge in [0.25, 0.3) is 0 Å². The van der Waals surface area contributed by atoms with E-state index in [0.717, 1.165) is 4.47 Å². The lowest BCUT2D eigenvalue weighted by Gasteiger charge is -2.05. The molecule has 1 unspecified atom stereocenters. The molecule has 0 saturated carbocycles. The maximum absolute atomic E-state index is 11.6. The van der Waals surface area contributed by atoms with Gasteiger partial charge in [-0.05, 0) is 24.6 Å². The van der Waals surface area contributed by atoms with Crippen LogP contribution in [0.3, 0.4) is 0 Å². The molecule has 5 heteroatoms. The molecule has 0 bridgehead atoms. The molecule has 1 aromatic carbocycles. The Morgan fingerprint density at radius 3 is 2.79 bits per heavy atom. The van der Waals surface area contributed by atoms with Gasteiger partial charge in [0.15, 0.2) is 0 Å². The fourth-order valence-corrected chi connectivity index (χ4v) is 2.56. The minimum atomic E-state index is -1.11. The maximum Gasteiger partial charge on any atom is 0.0618 e. The van der Waals surface area contributed by atoms with Crippen LogP contribution in [0.5, 0.6) is 0 Å². The van der Waals surface area contributed by atoms with Crippen LogP contribution in [0.25, 0.3) is 0 Å². The van der Waals surface area contributed by atoms with Crippen LogP contribution in [-0.2, 0) is 10.8 Å². The summed E-state index contributed by atoms with van der Waals surface area (Å²) in [5.74, 6) is 0.447. The molecular formula is C9H12BrNO2S. The molecule has 0 amide bonds. The van der Waals surface area contributed by atoms with Crippen molar-refractivity contribution in [3.05, 3.63) is 22.7 Å². The first-order chi connectivity index (χ1) is 6.65. The lowest BCUT2D eigenvalue weighted by atomic mass is 10.3. The van der Waals surface area contributed by atoms with E-state index >= 15 is 0 Å². The van der Waals surface area contributed by atoms with E-state index in [1.807, 2.05) is 6.07 Å². The molecule has 0 aliphatic rings. The molecular weight excluding hydrogens is 266 g/mol. The third-order valence-corrected chi connectivity index (χ3v) is 3.72. The van der Waals surface area contributed by atoms with Crippen molar-refractivity contribution in [2.75, 3.05) is 18.1 Å². The van der Waals surface area contributed by atoms with Gasteiger partial charge in [-0.2, -0.15) is 0 Å². The summed E-state index contributed by atoms with van der Waals surface area (Å²) in [6.45, 7) is 0.0577. The van der Waals surface area contributed by atoms with Crippen molar-refractivity contribution in [1.29, 1.82) is 0 Å². The number of rotatable bonds is 4. The van der Waals surface area contributed by atoms with E-state index in [-0.39, 0.29) is 6.61 Å². The smallest absolute Gasteiger partial charge is 0.0618 e. The Kier molecular flexibility index (Phi) is 4.57. The van der Waals surface area contributed by atoms with Crippen molar-refractivity contribution in [3.63, 3.8) is 0 Å². The molecule has 78 valence electrons. The molecule has 0 heterocycles. The zero-order valence-electron chi connectivity index (χ0n) is 7.57. The van der Waals surface area contributed by atoms with Gasteiger partial charge in [0.2, 0.25) is 0 Å². The fraction of sp³-hybridized carbons (Fsp3) is 0.333. The number of nitrogens with two attached hydrogens (primary N) is 1. The van der Waals surface area contributed by atoms with Crippen LogP contribution in [0.15, 0.2) is 27.6 Å². The first-order valence-electron chi connectivity index (χ1n) is 4.19. The summed E-state index contributed by atoms with van der Waals surface area (Å²) < 4.78 is 12.5. The Labute approximate surface area is 93.9 Å². The molecule has 0 saturated heterocycles. The van der Waals surface area contributed by atoms with Crippen molar-refractivity contribution >= 4 is 32.4 Å². The molecule has 3 N–H and O–H groups in total. The molecule has 0 aliphatic heterocycles. The number of halogens is 1. The molecule has 0 fully saturated rings. The number of nitrogen functional groups attached to an aromatic ring is 1. The van der Waals surface area contributed by atoms with Crippen LogP contribution in [0.1, 0.15) is 6.42 Å². The normalized spacial score (nSPS) is 12.7. The van der Waals surface area contributed by atoms with E-state index < -0.39 is 10.8 Å². The fourth-order valence-electron chi connectivity index (χ4n) is 1.03. The number of aliphatic hydroxyl groups excluding tert-OH is 1. The van der Waals surface area contributed by atoms with Crippen molar-refractivity contribution in [2.24, 2.45) is 0 Å². The first kappa shape index (κ1) is 11.7. The van der Waals surface area contributed by atoms with Crippen molar-refractivity contribution < 1.29 is 9.32 Å². The number of aliphatic hydroxyl groups is 1. The Balaban J connectivity index is 2.80. The maximum atomic E-state index is 11.6. The Morgan fingerprint density at radius 2 is 2.21 bits per heavy atom. The molecule has 0 aromatic heterocycles. The van der Waals surface area contributed by atoms with Crippen molar-refractivity contribution in [1.82, 2.24) is 0 Å². The van der Waals surface area contributed by atoms with E-state index in [9.17, 15) is 4.21 Å². The highest BCUT2D eigenvalue weighted by Crippen LogP contribution is 2.21. The van der Waals surface area contributed by atoms with E-state index in [0.29, 0.717) is 22.8 Å². The van der Waals surface area contributed by atoms with Gasteiger partial charge in [0, 0.05) is 22.5 Å². The number of anilines is 1. The second-order valence-corrected chi connectivity index (χ2v) is 5.26. The van der Waals surface area contributed by atoms with Crippen LogP contribution in [0, 0.1) is 0 Å². The number of hydrogen-bond acceptors (Lipinski definition) is 3. The largest absolute Gasteiger partial charge is 0.398 e. The summed E-state index contributed by atoms with van der Waals surface area (Å²) in [6.07, 6.45) is 0.530. The number of hydrogen-bond donors (Lipinski definition) is 2. The molecule has 0 aliphatic carbocycles. The minimum absolute atomic E-state index is 0.0577. The van der Waals surface area contributed by atoms with Crippen LogP contribution >= 0.6 is 15.9 Å². The predicted octanol–water partition coefficient (Wildman–Crippen LogP) is 1.52. The van der Waals surface area contributed by atoms with Crippen LogP contribution < -0.4 is 5.73 Å². The summed E-state index contributed by atoms with van der Waals surface area (Å²) in [7, 11) is -1.11. The topological polar surface area (TPSA) is 63.3 Å². The highest BCUT2D eigenvalue weighted by atomic mass is 79.9. The lowest BCUT2D eigenvalue weighted by Crippen LogP contribution is -2.03. The van der Waals surface area contributed by atoms with Gasteiger partial charge in [-0.25, -0.2) is 0 Å². The van der Waals surface area contributed by atoms with Gasteiger partial charge in [-0.3, -0.25) is 4.21 Å². The van der Waals surface area contributed by atoms with Gasteiger partial charge >= 0.3 is 0 Å². The van der Waals surface area contributed by atoms with Gasteiger partial charge in [-0.1, -0.05) is 15.9 Å². The summed E-state index contributed by atoms with van der Waals surface area (Å²) in [4.78, 5) is 0.640. The lowest BCUT2D eigenvalue weighted by molar-refractivity contribution is 0.296. The van der Waals surface area contributed by atoms with E-state index in [2.05, 4.69) is 15.9 Å². The van der Waals surface area contributed by atoms with Gasteiger partial charge in [-0.15, -0.1) is 0 Å². The van der Waals surface area contributed by atoms with Crippen LogP contribution in [-0.4, -0.2) is 21.7 Å². The third-order valence-electron chi connectivity index (χ3n) is 1.70. The van der Waals surface area contributed by atoms with E-state index in [4.69, 9.17) is 10.8 Å². The monoisotopic (exact) mass is 277 g/mol. The van der Waals surface area contributed by atoms with E-state index in [1.54, 1.807) is 12.1 Å². The van der Waals surface area contributed by atoms with Crippen molar-refractivity contribution in [3.8, 4) is 0 Å². The SMILES string of the molecule is Nc1cc(Br)ccc1S(=O)CCCO. The second-order valence-electron chi connectivity index (χ2n) is 2.81. The summed E-state index contributed by atoms with van der Waals surface area (Å²) in [5.41, 5.74) is 6.23. The average molecular weight is 278 g/mol. The highest BCUT2D eigenvalue weighted by molar-refractivity contribution is 9.10. The zero-order chi connectivity index (χ0) is 10.6. The molecule has 1 rings (SSSR count). The molecule has 3 nitrogen and oxygen atoms in total. The Bertz CT molecular complexity index is 344. The summed E-state index contributed by atoms with van der Waals surface area (Å²) in [6, 6.07) is 5.28. The first-order valence-corrected chi connectivity index (χ1v) is 6.30. The summed E-state index contributed by atoms with van der Waals surface area (Å²) >= 11 is 3.28. The average Bonchev–Trinajstić information content (AvgIpc) is 2.14. The molecule has 0 radical (unpaired) electrons. The standard InChI is InChI=1S/C9H12BrNO2S/c10-7-2-3-9(8(11)6-7)14(13)5-1-4-12/h2-3,6,12H,1,4-5,11H2. The third kappa shape index (κ3) is 3.08. The van der Waals surface area contributed by atoms with Crippen LogP contribution in [0.4, 0.5) is 5.69 Å². The molecule has 14 heavy (non-hydrogen) atoms. The second kappa shape index (κ2) is 5.48. The predicted molar refractivity (Wildman–Crippen MR) is 61.5 cm³/mol. The highest BCUT2D eigenvalue weighted by Gasteiger charge is 2.07. The van der Waals surface area contributed by atoms with E-state index in [1.165, 1.54) is 0 Å². The Morgan fingerprint density at radius 1 is 1.50 bits per heavy atom. The summed E-state index contributed by atoms with van der Waals surface area (Å²) in [5, 5.41) is 8.60. The van der Waals surface area contributed by atoms with Crippen molar-refractivity contribution in [2.45, 2.75) is 11.3 Å². The molecule has 1 aromatic rings.